The van der Waals surface area contributed by atoms with Crippen LogP contribution < -0.4 is 14.2 Å². The molecule has 0 spiro atoms. The zero-order chi connectivity index (χ0) is 35.5. The number of nitriles is 1. The molecular weight excluding hydrogens is 673 g/mol. The van der Waals surface area contributed by atoms with Gasteiger partial charge in [0.2, 0.25) is 5.88 Å². The fraction of sp³-hybridized carbons (Fsp3) is 0.229. The molecule has 3 heterocycles. The van der Waals surface area contributed by atoms with E-state index >= 15 is 0 Å². The van der Waals surface area contributed by atoms with Crippen LogP contribution in [0.15, 0.2) is 96.0 Å². The Balaban J connectivity index is 1.04. The van der Waals surface area contributed by atoms with Gasteiger partial charge in [0.1, 0.15) is 17.2 Å². The summed E-state index contributed by atoms with van der Waals surface area (Å²) in [5, 5.41) is 9.92. The molecule has 1 fully saturated rings. The highest BCUT2D eigenvalue weighted by molar-refractivity contribution is 7.92. The number of aromatic nitrogens is 2. The average molecular weight is 705 g/mol. The van der Waals surface area contributed by atoms with Crippen LogP contribution in [0.4, 0.5) is 18.9 Å². The van der Waals surface area contributed by atoms with Gasteiger partial charge < -0.3 is 18.9 Å². The number of aryl methyl sites for hydroxylation is 1. The molecule has 1 aliphatic heterocycles. The van der Waals surface area contributed by atoms with Crippen molar-refractivity contribution >= 4 is 32.5 Å². The van der Waals surface area contributed by atoms with Gasteiger partial charge in [-0.25, -0.2) is 13.4 Å². The second-order valence-corrected chi connectivity index (χ2v) is 13.3. The summed E-state index contributed by atoms with van der Waals surface area (Å²) in [5.41, 5.74) is 2.67. The van der Waals surface area contributed by atoms with Crippen LogP contribution in [0.2, 0.25) is 0 Å². The third-order valence-corrected chi connectivity index (χ3v) is 9.49. The maximum atomic E-state index is 13.5. The van der Waals surface area contributed by atoms with Gasteiger partial charge in [-0.1, -0.05) is 18.2 Å². The summed E-state index contributed by atoms with van der Waals surface area (Å²) in [6.07, 6.45) is -3.07. The molecule has 0 saturated carbocycles. The number of anilines is 1. The van der Waals surface area contributed by atoms with Crippen molar-refractivity contribution in [2.75, 3.05) is 37.5 Å². The molecule has 15 heteroatoms. The van der Waals surface area contributed by atoms with E-state index in [1.54, 1.807) is 29.2 Å². The number of carbonyl (C=O) groups is 1. The summed E-state index contributed by atoms with van der Waals surface area (Å²) < 4.78 is 77.6. The van der Waals surface area contributed by atoms with E-state index in [9.17, 15) is 26.4 Å². The highest BCUT2D eigenvalue weighted by Gasteiger charge is 2.28. The van der Waals surface area contributed by atoms with Crippen LogP contribution in [-0.4, -0.2) is 72.6 Å². The molecule has 0 atom stereocenters. The molecule has 3 aromatic carbocycles. The van der Waals surface area contributed by atoms with Crippen LogP contribution in [-0.2, 0) is 23.6 Å². The lowest BCUT2D eigenvalue weighted by molar-refractivity contribution is -0.153. The lowest BCUT2D eigenvalue weighted by Crippen LogP contribution is -2.48. The van der Waals surface area contributed by atoms with Crippen molar-refractivity contribution in [3.63, 3.8) is 0 Å². The number of alkyl halides is 3. The number of rotatable bonds is 10. The smallest absolute Gasteiger partial charge is 0.422 e. The number of benzene rings is 3. The van der Waals surface area contributed by atoms with Gasteiger partial charge in [0.15, 0.2) is 6.61 Å². The Hall–Kier alpha value is -5.59. The summed E-state index contributed by atoms with van der Waals surface area (Å²) in [6, 6.07) is 24.4. The Morgan fingerprint density at radius 2 is 1.70 bits per heavy atom. The molecule has 0 radical (unpaired) electrons. The fourth-order valence-corrected chi connectivity index (χ4v) is 6.62. The van der Waals surface area contributed by atoms with Gasteiger partial charge in [0.25, 0.3) is 15.9 Å². The summed E-state index contributed by atoms with van der Waals surface area (Å²) in [7, 11) is -2.12. The SMILES string of the molecule is Cn1c(C(=O)N2CCN(Cc3ccc(OCC(F)(F)F)cc3)CC2)cc2ccc(Oc3ccc(NS(=O)(=O)c4cccc(C#N)c4)cn3)cc21. The van der Waals surface area contributed by atoms with Crippen LogP contribution >= 0.6 is 0 Å². The van der Waals surface area contributed by atoms with Gasteiger partial charge in [-0.2, -0.15) is 18.4 Å². The van der Waals surface area contributed by atoms with E-state index in [2.05, 4.69) is 14.6 Å². The molecule has 11 nitrogen and oxygen atoms in total. The molecule has 5 aromatic rings. The first-order chi connectivity index (χ1) is 23.9. The molecule has 1 aliphatic rings. The van der Waals surface area contributed by atoms with Crippen LogP contribution in [0.25, 0.3) is 10.9 Å². The van der Waals surface area contributed by atoms with E-state index in [1.165, 1.54) is 54.7 Å². The topological polar surface area (TPSA) is 130 Å². The molecule has 0 aliphatic carbocycles. The van der Waals surface area contributed by atoms with Crippen LogP contribution in [0.5, 0.6) is 17.4 Å². The summed E-state index contributed by atoms with van der Waals surface area (Å²) >= 11 is 0. The molecule has 1 N–H and O–H groups in total. The highest BCUT2D eigenvalue weighted by Crippen LogP contribution is 2.28. The van der Waals surface area contributed by atoms with E-state index in [0.717, 1.165) is 16.5 Å². The maximum absolute atomic E-state index is 13.5. The zero-order valence-electron chi connectivity index (χ0n) is 26.7. The minimum Gasteiger partial charge on any atom is -0.484 e. The molecule has 1 saturated heterocycles. The van der Waals surface area contributed by atoms with E-state index in [0.29, 0.717) is 44.2 Å². The number of fused-ring (bicyclic) bond motifs is 1. The number of sulfonamides is 1. The van der Waals surface area contributed by atoms with Crippen molar-refractivity contribution in [3.8, 4) is 23.4 Å². The Kier molecular flexibility index (Phi) is 9.67. The van der Waals surface area contributed by atoms with Gasteiger partial charge in [-0.05, 0) is 60.2 Å². The largest absolute Gasteiger partial charge is 0.484 e. The molecule has 50 heavy (non-hydrogen) atoms. The number of nitrogens with one attached hydrogen (secondary N) is 1. The Labute approximate surface area is 286 Å². The van der Waals surface area contributed by atoms with Crippen LogP contribution in [0.3, 0.4) is 0 Å². The van der Waals surface area contributed by atoms with Crippen molar-refractivity contribution < 1.29 is 35.9 Å². The van der Waals surface area contributed by atoms with Crippen molar-refractivity contribution in [2.24, 2.45) is 7.05 Å². The van der Waals surface area contributed by atoms with Gasteiger partial charge >= 0.3 is 6.18 Å². The van der Waals surface area contributed by atoms with E-state index in [-0.39, 0.29) is 33.7 Å². The van der Waals surface area contributed by atoms with Crippen molar-refractivity contribution in [3.05, 3.63) is 108 Å². The number of nitrogens with zero attached hydrogens (tertiary/aromatic N) is 5. The number of pyridine rings is 1. The monoisotopic (exact) mass is 704 g/mol. The second kappa shape index (κ2) is 14.1. The first-order valence-electron chi connectivity index (χ1n) is 15.4. The fourth-order valence-electron chi connectivity index (χ4n) is 5.53. The molecule has 1 amide bonds. The number of hydrogen-bond donors (Lipinski definition) is 1. The third-order valence-electron chi connectivity index (χ3n) is 8.11. The lowest BCUT2D eigenvalue weighted by atomic mass is 10.2. The van der Waals surface area contributed by atoms with Gasteiger partial charge in [0, 0.05) is 57.3 Å². The number of halogens is 3. The summed E-state index contributed by atoms with van der Waals surface area (Å²) in [5.74, 6) is 0.759. The van der Waals surface area contributed by atoms with E-state index in [4.69, 9.17) is 14.7 Å². The van der Waals surface area contributed by atoms with Crippen LogP contribution in [0, 0.1) is 11.3 Å². The first kappa shape index (κ1) is 34.3. The second-order valence-electron chi connectivity index (χ2n) is 11.7. The number of carbonyl (C=O) groups excluding carboxylic acids is 1. The Bertz CT molecular complexity index is 2160. The standard InChI is InChI=1S/C35H31F3N6O5S/c1-42-31-19-29(49-33-12-8-27(21-40-33)41-50(46,47)30-4-2-3-25(17-30)20-39)11-7-26(31)18-32(42)34(45)44-15-13-43(14-16-44)22-24-5-9-28(10-6-24)48-23-35(36,37)38/h2-12,17-19,21,41H,13-16,22-23H2,1H3. The van der Waals surface area contributed by atoms with E-state index in [1.807, 2.05) is 29.8 Å². The van der Waals surface area contributed by atoms with Gasteiger partial charge in [-0.15, -0.1) is 0 Å². The molecule has 258 valence electrons. The average Bonchev–Trinajstić information content (AvgIpc) is 3.43. The highest BCUT2D eigenvalue weighted by atomic mass is 32.2. The molecule has 0 bridgehead atoms. The number of ether oxygens (including phenoxy) is 2. The van der Waals surface area contributed by atoms with Crippen molar-refractivity contribution in [2.45, 2.75) is 17.6 Å². The normalized spacial score (nSPS) is 13.9. The predicted molar refractivity (Wildman–Crippen MR) is 178 cm³/mol. The number of hydrogen-bond acceptors (Lipinski definition) is 8. The molecule has 6 rings (SSSR count). The predicted octanol–water partition coefficient (Wildman–Crippen LogP) is 5.94. The molecule has 0 unspecified atom stereocenters. The van der Waals surface area contributed by atoms with Gasteiger partial charge in [-0.3, -0.25) is 14.4 Å². The minimum atomic E-state index is -4.39. The number of amides is 1. The van der Waals surface area contributed by atoms with Crippen molar-refractivity contribution in [1.29, 1.82) is 5.26 Å². The lowest BCUT2D eigenvalue weighted by Gasteiger charge is -2.34. The molecular formula is C35H31F3N6O5S. The summed E-state index contributed by atoms with van der Waals surface area (Å²) in [4.78, 5) is 21.7. The Morgan fingerprint density at radius 1 is 0.960 bits per heavy atom. The first-order valence-corrected chi connectivity index (χ1v) is 16.9. The van der Waals surface area contributed by atoms with Crippen molar-refractivity contribution in [1.82, 2.24) is 19.4 Å². The summed E-state index contributed by atoms with van der Waals surface area (Å²) in [6.45, 7) is 1.59. The van der Waals surface area contributed by atoms with Gasteiger partial charge in [0.05, 0.1) is 33.9 Å². The zero-order valence-corrected chi connectivity index (χ0v) is 27.5. The Morgan fingerprint density at radius 3 is 2.38 bits per heavy atom. The number of piperazine rings is 1. The van der Waals surface area contributed by atoms with E-state index < -0.39 is 22.8 Å². The quantitative estimate of drug-likeness (QED) is 0.189. The minimum absolute atomic E-state index is 0.0454. The molecule has 2 aromatic heterocycles. The maximum Gasteiger partial charge on any atom is 0.422 e. The van der Waals surface area contributed by atoms with Crippen LogP contribution in [0.1, 0.15) is 21.6 Å². The third kappa shape index (κ3) is 8.16.